The molecular formula is C17H16BrN7S. The largest absolute Gasteiger partial charge is 0.267 e. The van der Waals surface area contributed by atoms with Crippen LogP contribution in [-0.4, -0.2) is 34.3 Å². The van der Waals surface area contributed by atoms with Crippen LogP contribution >= 0.6 is 28.1 Å². The van der Waals surface area contributed by atoms with E-state index in [1.807, 2.05) is 51.4 Å². The first kappa shape index (κ1) is 16.9. The smallest absolute Gasteiger partial charge is 0.200 e. The van der Waals surface area contributed by atoms with Crippen molar-refractivity contribution in [1.29, 1.82) is 0 Å². The van der Waals surface area contributed by atoms with Crippen LogP contribution in [0.3, 0.4) is 0 Å². The fourth-order valence-corrected chi connectivity index (χ4v) is 3.32. The number of rotatable bonds is 5. The van der Waals surface area contributed by atoms with E-state index in [-0.39, 0.29) is 0 Å². The number of aromatic nitrogens is 7. The third-order valence-corrected chi connectivity index (χ3v) is 5.05. The monoisotopic (exact) mass is 429 g/mol. The summed E-state index contributed by atoms with van der Waals surface area (Å²) < 4.78 is 7.10. The lowest BCUT2D eigenvalue weighted by molar-refractivity contribution is 0.638. The van der Waals surface area contributed by atoms with Crippen LogP contribution in [0, 0.1) is 11.7 Å². The summed E-state index contributed by atoms with van der Waals surface area (Å²) in [6.45, 7) is 3.15. The Balaban J connectivity index is 1.62. The molecule has 1 N–H and O–H groups in total. The molecule has 0 spiro atoms. The zero-order valence-corrected chi connectivity index (χ0v) is 16.4. The van der Waals surface area contributed by atoms with Crippen LogP contribution in [0.2, 0.25) is 0 Å². The van der Waals surface area contributed by atoms with Crippen molar-refractivity contribution in [2.75, 3.05) is 0 Å². The molecule has 3 aromatic heterocycles. The van der Waals surface area contributed by atoms with Crippen LogP contribution < -0.4 is 0 Å². The van der Waals surface area contributed by atoms with Crippen molar-refractivity contribution in [1.82, 2.24) is 34.3 Å². The zero-order valence-electron chi connectivity index (χ0n) is 14.0. The third kappa shape index (κ3) is 3.40. The maximum Gasteiger partial charge on any atom is 0.200 e. The first-order valence-electron chi connectivity index (χ1n) is 8.03. The summed E-state index contributed by atoms with van der Waals surface area (Å²) in [5.41, 5.74) is 2.99. The summed E-state index contributed by atoms with van der Waals surface area (Å²) in [6.07, 6.45) is 5.68. The molecule has 0 unspecified atom stereocenters. The van der Waals surface area contributed by atoms with Crippen molar-refractivity contribution in [2.24, 2.45) is 0 Å². The van der Waals surface area contributed by atoms with Gasteiger partial charge in [-0.3, -0.25) is 19.0 Å². The molecule has 0 fully saturated rings. The van der Waals surface area contributed by atoms with Gasteiger partial charge in [-0.2, -0.15) is 15.3 Å². The molecular weight excluding hydrogens is 414 g/mol. The molecule has 0 aliphatic carbocycles. The SMILES string of the molecule is Cc1nn(Cc2n[nH]c(=S)n2-c2cnn(Cc3ccccc3)c2)cc1Br. The van der Waals surface area contributed by atoms with E-state index in [9.17, 15) is 0 Å². The van der Waals surface area contributed by atoms with E-state index in [1.54, 1.807) is 6.20 Å². The first-order chi connectivity index (χ1) is 12.6. The van der Waals surface area contributed by atoms with Crippen LogP contribution in [-0.2, 0) is 13.1 Å². The average molecular weight is 430 g/mol. The first-order valence-corrected chi connectivity index (χ1v) is 9.23. The number of aryl methyl sites for hydroxylation is 1. The summed E-state index contributed by atoms with van der Waals surface area (Å²) in [6, 6.07) is 10.2. The predicted octanol–water partition coefficient (Wildman–Crippen LogP) is 3.49. The molecule has 0 radical (unpaired) electrons. The second-order valence-electron chi connectivity index (χ2n) is 5.92. The standard InChI is InChI=1S/C17H16BrN7S/c1-12-15(18)10-24(22-12)11-16-20-21-17(26)25(16)14-7-19-23(9-14)8-13-5-3-2-4-6-13/h2-7,9-10H,8,11H2,1H3,(H,21,26). The Morgan fingerprint density at radius 3 is 2.65 bits per heavy atom. The van der Waals surface area contributed by atoms with Crippen molar-refractivity contribution in [3.63, 3.8) is 0 Å². The highest BCUT2D eigenvalue weighted by molar-refractivity contribution is 9.10. The second kappa shape index (κ2) is 7.00. The van der Waals surface area contributed by atoms with Crippen LogP contribution in [0.5, 0.6) is 0 Å². The van der Waals surface area contributed by atoms with Crippen molar-refractivity contribution in [3.8, 4) is 5.69 Å². The van der Waals surface area contributed by atoms with Crippen LogP contribution in [0.15, 0.2) is 53.4 Å². The van der Waals surface area contributed by atoms with Gasteiger partial charge in [-0.05, 0) is 40.6 Å². The highest BCUT2D eigenvalue weighted by atomic mass is 79.9. The van der Waals surface area contributed by atoms with Crippen LogP contribution in [0.25, 0.3) is 5.69 Å². The number of H-pyrrole nitrogens is 1. The molecule has 26 heavy (non-hydrogen) atoms. The minimum atomic E-state index is 0.503. The summed E-state index contributed by atoms with van der Waals surface area (Å²) >= 11 is 8.89. The minimum absolute atomic E-state index is 0.503. The van der Waals surface area contributed by atoms with E-state index in [0.717, 1.165) is 21.7 Å². The summed E-state index contributed by atoms with van der Waals surface area (Å²) in [5.74, 6) is 0.768. The van der Waals surface area contributed by atoms with Crippen molar-refractivity contribution >= 4 is 28.1 Å². The lowest BCUT2D eigenvalue weighted by Crippen LogP contribution is -2.08. The molecule has 0 aliphatic rings. The van der Waals surface area contributed by atoms with Gasteiger partial charge in [0.15, 0.2) is 10.6 Å². The van der Waals surface area contributed by atoms with E-state index in [4.69, 9.17) is 12.2 Å². The predicted molar refractivity (Wildman–Crippen MR) is 104 cm³/mol. The summed E-state index contributed by atoms with van der Waals surface area (Å²) in [5, 5.41) is 16.1. The molecule has 0 atom stereocenters. The fraction of sp³-hybridized carbons (Fsp3) is 0.176. The molecule has 0 aliphatic heterocycles. The van der Waals surface area contributed by atoms with Gasteiger partial charge in [0, 0.05) is 12.4 Å². The van der Waals surface area contributed by atoms with Crippen LogP contribution in [0.1, 0.15) is 17.1 Å². The molecule has 9 heteroatoms. The molecule has 132 valence electrons. The van der Waals surface area contributed by atoms with Gasteiger partial charge in [0.25, 0.3) is 0 Å². The minimum Gasteiger partial charge on any atom is -0.267 e. The Morgan fingerprint density at radius 2 is 1.92 bits per heavy atom. The maximum atomic E-state index is 5.41. The maximum absolute atomic E-state index is 5.41. The quantitative estimate of drug-likeness (QED) is 0.493. The average Bonchev–Trinajstić information content (AvgIpc) is 3.30. The van der Waals surface area contributed by atoms with Gasteiger partial charge < -0.3 is 0 Å². The number of aromatic amines is 1. The lowest BCUT2D eigenvalue weighted by atomic mass is 10.2. The molecule has 7 nitrogen and oxygen atoms in total. The highest BCUT2D eigenvalue weighted by Gasteiger charge is 2.12. The number of hydrogen-bond acceptors (Lipinski definition) is 4. The Hall–Kier alpha value is -2.52. The Bertz CT molecular complexity index is 1070. The molecule has 0 amide bonds. The van der Waals surface area contributed by atoms with E-state index in [2.05, 4.69) is 48.5 Å². The molecule has 4 rings (SSSR count). The Labute approximate surface area is 163 Å². The fourth-order valence-electron chi connectivity index (χ4n) is 2.75. The number of nitrogens with zero attached hydrogens (tertiary/aromatic N) is 6. The Morgan fingerprint density at radius 1 is 1.12 bits per heavy atom. The summed E-state index contributed by atoms with van der Waals surface area (Å²) in [4.78, 5) is 0. The summed E-state index contributed by atoms with van der Waals surface area (Å²) in [7, 11) is 0. The van der Waals surface area contributed by atoms with Crippen LogP contribution in [0.4, 0.5) is 0 Å². The number of hydrogen-bond donors (Lipinski definition) is 1. The molecule has 0 saturated heterocycles. The lowest BCUT2D eigenvalue weighted by Gasteiger charge is -2.04. The van der Waals surface area contributed by atoms with Gasteiger partial charge in [0.05, 0.1) is 28.6 Å². The Kier molecular flexibility index (Phi) is 4.56. The van der Waals surface area contributed by atoms with Gasteiger partial charge >= 0.3 is 0 Å². The zero-order chi connectivity index (χ0) is 18.1. The molecule has 3 heterocycles. The van der Waals surface area contributed by atoms with Gasteiger partial charge in [-0.15, -0.1) is 0 Å². The van der Waals surface area contributed by atoms with Crippen molar-refractivity contribution in [2.45, 2.75) is 20.0 Å². The van der Waals surface area contributed by atoms with E-state index in [0.29, 0.717) is 17.9 Å². The van der Waals surface area contributed by atoms with Gasteiger partial charge in [0.1, 0.15) is 6.54 Å². The molecule has 0 saturated carbocycles. The number of halogens is 1. The molecule has 1 aromatic carbocycles. The van der Waals surface area contributed by atoms with E-state index < -0.39 is 0 Å². The molecule has 0 bridgehead atoms. The van der Waals surface area contributed by atoms with Gasteiger partial charge in [-0.25, -0.2) is 0 Å². The van der Waals surface area contributed by atoms with Gasteiger partial charge in [0.2, 0.25) is 0 Å². The number of benzene rings is 1. The molecule has 4 aromatic rings. The van der Waals surface area contributed by atoms with Gasteiger partial charge in [-0.1, -0.05) is 30.3 Å². The highest BCUT2D eigenvalue weighted by Crippen LogP contribution is 2.16. The van der Waals surface area contributed by atoms with Crippen molar-refractivity contribution < 1.29 is 0 Å². The number of nitrogens with one attached hydrogen (secondary N) is 1. The second-order valence-corrected chi connectivity index (χ2v) is 7.16. The van der Waals surface area contributed by atoms with E-state index in [1.165, 1.54) is 5.56 Å². The van der Waals surface area contributed by atoms with Crippen molar-refractivity contribution in [3.05, 3.63) is 75.2 Å². The topological polar surface area (TPSA) is 69.2 Å². The van der Waals surface area contributed by atoms with E-state index >= 15 is 0 Å². The normalized spacial score (nSPS) is 11.2. The third-order valence-electron chi connectivity index (χ3n) is 4.00.